The SMILES string of the molecule is C=CCSc1nc2sc3c(c2c(=O)n1-c1ccc(OCC)cc1)CCN(CC)C3. The molecule has 0 fully saturated rings. The third kappa shape index (κ3) is 3.86. The van der Waals surface area contributed by atoms with E-state index in [2.05, 4.69) is 18.4 Å². The maximum absolute atomic E-state index is 13.7. The van der Waals surface area contributed by atoms with E-state index in [0.29, 0.717) is 17.5 Å². The van der Waals surface area contributed by atoms with Gasteiger partial charge in [0.25, 0.3) is 5.56 Å². The molecule has 1 aliphatic rings. The minimum atomic E-state index is 0.0215. The van der Waals surface area contributed by atoms with E-state index in [1.807, 2.05) is 37.3 Å². The largest absolute Gasteiger partial charge is 0.494 e. The van der Waals surface area contributed by atoms with Gasteiger partial charge in [0.1, 0.15) is 10.6 Å². The fraction of sp³-hybridized carbons (Fsp3) is 0.364. The van der Waals surface area contributed by atoms with E-state index < -0.39 is 0 Å². The summed E-state index contributed by atoms with van der Waals surface area (Å²) in [6.45, 7) is 11.5. The van der Waals surface area contributed by atoms with Gasteiger partial charge in [0.2, 0.25) is 0 Å². The van der Waals surface area contributed by atoms with Crippen molar-refractivity contribution in [2.24, 2.45) is 0 Å². The van der Waals surface area contributed by atoms with Crippen LogP contribution in [0.5, 0.6) is 5.75 Å². The lowest BCUT2D eigenvalue weighted by atomic mass is 10.1. The summed E-state index contributed by atoms with van der Waals surface area (Å²) in [7, 11) is 0. The highest BCUT2D eigenvalue weighted by molar-refractivity contribution is 7.99. The molecule has 2 aromatic heterocycles. The molecule has 0 radical (unpaired) electrons. The first kappa shape index (κ1) is 20.2. The zero-order valence-electron chi connectivity index (χ0n) is 16.8. The molecule has 1 aliphatic heterocycles. The van der Waals surface area contributed by atoms with Crippen LogP contribution in [-0.4, -0.2) is 39.9 Å². The van der Waals surface area contributed by atoms with E-state index in [4.69, 9.17) is 9.72 Å². The molecule has 0 unspecified atom stereocenters. The lowest BCUT2D eigenvalue weighted by Gasteiger charge is -2.25. The van der Waals surface area contributed by atoms with Crippen LogP contribution in [0.15, 0.2) is 46.9 Å². The van der Waals surface area contributed by atoms with Gasteiger partial charge in [-0.25, -0.2) is 4.98 Å². The lowest BCUT2D eigenvalue weighted by Crippen LogP contribution is -2.30. The van der Waals surface area contributed by atoms with Gasteiger partial charge in [0.15, 0.2) is 5.16 Å². The van der Waals surface area contributed by atoms with Gasteiger partial charge in [-0.05, 0) is 49.7 Å². The van der Waals surface area contributed by atoms with Crippen LogP contribution < -0.4 is 10.3 Å². The molecule has 3 heterocycles. The van der Waals surface area contributed by atoms with Gasteiger partial charge in [0.05, 0.1) is 17.7 Å². The van der Waals surface area contributed by atoms with Gasteiger partial charge in [-0.1, -0.05) is 24.8 Å². The van der Waals surface area contributed by atoms with E-state index in [-0.39, 0.29) is 5.56 Å². The van der Waals surface area contributed by atoms with Gasteiger partial charge in [-0.15, -0.1) is 17.9 Å². The number of ether oxygens (including phenoxy) is 1. The van der Waals surface area contributed by atoms with Crippen molar-refractivity contribution in [3.05, 3.63) is 57.7 Å². The zero-order valence-corrected chi connectivity index (χ0v) is 18.4. The molecule has 0 spiro atoms. The topological polar surface area (TPSA) is 47.4 Å². The molecular formula is C22H25N3O2S2. The number of benzene rings is 1. The Morgan fingerprint density at radius 2 is 2.10 bits per heavy atom. The number of thioether (sulfide) groups is 1. The molecule has 0 aliphatic carbocycles. The normalized spacial score (nSPS) is 14.1. The first-order valence-corrected chi connectivity index (χ1v) is 11.7. The van der Waals surface area contributed by atoms with Gasteiger partial charge < -0.3 is 4.74 Å². The molecule has 7 heteroatoms. The van der Waals surface area contributed by atoms with Crippen molar-refractivity contribution >= 4 is 33.3 Å². The van der Waals surface area contributed by atoms with Crippen LogP contribution in [0, 0.1) is 0 Å². The predicted octanol–water partition coefficient (Wildman–Crippen LogP) is 4.50. The molecule has 0 saturated heterocycles. The number of hydrogen-bond donors (Lipinski definition) is 0. The molecule has 0 N–H and O–H groups in total. The molecule has 29 heavy (non-hydrogen) atoms. The van der Waals surface area contributed by atoms with Crippen LogP contribution in [0.3, 0.4) is 0 Å². The summed E-state index contributed by atoms with van der Waals surface area (Å²) >= 11 is 3.20. The highest BCUT2D eigenvalue weighted by Crippen LogP contribution is 2.34. The van der Waals surface area contributed by atoms with Crippen molar-refractivity contribution in [3.63, 3.8) is 0 Å². The van der Waals surface area contributed by atoms with E-state index in [1.165, 1.54) is 22.2 Å². The number of aromatic nitrogens is 2. The van der Waals surface area contributed by atoms with Crippen LogP contribution in [-0.2, 0) is 13.0 Å². The number of rotatable bonds is 7. The second kappa shape index (κ2) is 8.73. The van der Waals surface area contributed by atoms with Crippen molar-refractivity contribution in [3.8, 4) is 11.4 Å². The van der Waals surface area contributed by atoms with Crippen molar-refractivity contribution in [2.75, 3.05) is 25.4 Å². The number of thiophene rings is 1. The van der Waals surface area contributed by atoms with Crippen molar-refractivity contribution in [1.29, 1.82) is 0 Å². The Kier molecular flexibility index (Phi) is 6.08. The van der Waals surface area contributed by atoms with Gasteiger partial charge in [0, 0.05) is 23.7 Å². The van der Waals surface area contributed by atoms with Crippen LogP contribution in [0.25, 0.3) is 15.9 Å². The molecule has 4 rings (SSSR count). The summed E-state index contributed by atoms with van der Waals surface area (Å²) in [5.74, 6) is 1.50. The average molecular weight is 428 g/mol. The molecule has 0 amide bonds. The molecule has 0 saturated carbocycles. The summed E-state index contributed by atoms with van der Waals surface area (Å²) in [5, 5.41) is 1.50. The van der Waals surface area contributed by atoms with Crippen LogP contribution in [0.1, 0.15) is 24.3 Å². The molecular weight excluding hydrogens is 402 g/mol. The summed E-state index contributed by atoms with van der Waals surface area (Å²) in [6.07, 6.45) is 2.74. The molecule has 152 valence electrons. The van der Waals surface area contributed by atoms with Gasteiger partial charge in [-0.3, -0.25) is 14.3 Å². The number of likely N-dealkylation sites (N-methyl/N-ethyl adjacent to an activating group) is 1. The first-order chi connectivity index (χ1) is 14.2. The second-order valence-corrected chi connectivity index (χ2v) is 8.94. The molecule has 1 aromatic carbocycles. The second-order valence-electron chi connectivity index (χ2n) is 6.86. The van der Waals surface area contributed by atoms with Gasteiger partial charge in [-0.2, -0.15) is 0 Å². The number of nitrogens with zero attached hydrogens (tertiary/aromatic N) is 3. The Hall–Kier alpha value is -2.09. The first-order valence-electron chi connectivity index (χ1n) is 9.92. The molecule has 3 aromatic rings. The van der Waals surface area contributed by atoms with Crippen molar-refractivity contribution < 1.29 is 4.74 Å². The van der Waals surface area contributed by atoms with Crippen LogP contribution >= 0.6 is 23.1 Å². The minimum Gasteiger partial charge on any atom is -0.494 e. The highest BCUT2D eigenvalue weighted by atomic mass is 32.2. The molecule has 5 nitrogen and oxygen atoms in total. The molecule has 0 atom stereocenters. The zero-order chi connectivity index (χ0) is 20.4. The van der Waals surface area contributed by atoms with E-state index in [1.54, 1.807) is 15.9 Å². The maximum atomic E-state index is 13.7. The Morgan fingerprint density at radius 3 is 2.79 bits per heavy atom. The Labute approximate surface area is 179 Å². The minimum absolute atomic E-state index is 0.0215. The predicted molar refractivity (Wildman–Crippen MR) is 122 cm³/mol. The van der Waals surface area contributed by atoms with E-state index in [9.17, 15) is 4.79 Å². The van der Waals surface area contributed by atoms with Crippen molar-refractivity contribution in [1.82, 2.24) is 14.5 Å². The van der Waals surface area contributed by atoms with Gasteiger partial charge >= 0.3 is 0 Å². The van der Waals surface area contributed by atoms with Crippen LogP contribution in [0.2, 0.25) is 0 Å². The average Bonchev–Trinajstić information content (AvgIpc) is 3.11. The molecule has 0 bridgehead atoms. The third-order valence-corrected chi connectivity index (χ3v) is 7.15. The fourth-order valence-electron chi connectivity index (χ4n) is 3.66. The fourth-order valence-corrected chi connectivity index (χ4v) is 5.71. The third-order valence-electron chi connectivity index (χ3n) is 5.11. The Morgan fingerprint density at radius 1 is 1.31 bits per heavy atom. The Balaban J connectivity index is 1.88. The lowest BCUT2D eigenvalue weighted by molar-refractivity contribution is 0.272. The monoisotopic (exact) mass is 427 g/mol. The number of fused-ring (bicyclic) bond motifs is 3. The standard InChI is InChI=1S/C22H25N3O2S2/c1-4-13-28-22-23-20-19(17-11-12-24(5-2)14-18(17)29-20)21(26)25(22)15-7-9-16(10-8-15)27-6-3/h4,7-10H,1,5-6,11-14H2,2-3H3. The van der Waals surface area contributed by atoms with Crippen molar-refractivity contribution in [2.45, 2.75) is 32.0 Å². The number of hydrogen-bond acceptors (Lipinski definition) is 6. The smallest absolute Gasteiger partial charge is 0.267 e. The highest BCUT2D eigenvalue weighted by Gasteiger charge is 2.25. The van der Waals surface area contributed by atoms with E-state index in [0.717, 1.165) is 47.7 Å². The maximum Gasteiger partial charge on any atom is 0.267 e. The quantitative estimate of drug-likeness (QED) is 0.316. The Bertz CT molecular complexity index is 1090. The summed E-state index contributed by atoms with van der Waals surface area (Å²) in [4.78, 5) is 23.1. The summed E-state index contributed by atoms with van der Waals surface area (Å²) in [6, 6.07) is 7.66. The summed E-state index contributed by atoms with van der Waals surface area (Å²) in [5.41, 5.74) is 2.02. The van der Waals surface area contributed by atoms with Crippen LogP contribution in [0.4, 0.5) is 0 Å². The van der Waals surface area contributed by atoms with E-state index >= 15 is 0 Å². The summed E-state index contributed by atoms with van der Waals surface area (Å²) < 4.78 is 7.29.